The van der Waals surface area contributed by atoms with Gasteiger partial charge in [0.2, 0.25) is 5.82 Å². The zero-order valence-electron chi connectivity index (χ0n) is 14.2. The number of hydrogen-bond acceptors (Lipinski definition) is 6. The van der Waals surface area contributed by atoms with E-state index in [1.165, 1.54) is 0 Å². The lowest BCUT2D eigenvalue weighted by Gasteiger charge is -2.10. The molecular weight excluding hydrogens is 338 g/mol. The highest BCUT2D eigenvalue weighted by Crippen LogP contribution is 2.14. The lowest BCUT2D eigenvalue weighted by molar-refractivity contribution is 0.577. The van der Waals surface area contributed by atoms with E-state index in [-0.39, 0.29) is 0 Å². The van der Waals surface area contributed by atoms with Crippen LogP contribution >= 0.6 is 11.3 Å². The molecule has 3 aromatic heterocycles. The zero-order chi connectivity index (χ0) is 17.5. The van der Waals surface area contributed by atoms with Crippen molar-refractivity contribution in [1.29, 1.82) is 0 Å². The van der Waals surface area contributed by atoms with Crippen LogP contribution in [0.25, 0.3) is 11.6 Å². The van der Waals surface area contributed by atoms with Crippen LogP contribution < -0.4 is 10.6 Å². The van der Waals surface area contributed by atoms with E-state index in [9.17, 15) is 0 Å². The number of nitrogens with one attached hydrogen (secondary N) is 3. The highest BCUT2D eigenvalue weighted by molar-refractivity contribution is 7.09. The topological polar surface area (TPSA) is 104 Å². The first-order valence-electron chi connectivity index (χ1n) is 8.13. The molecule has 0 unspecified atom stereocenters. The maximum atomic E-state index is 5.28. The van der Waals surface area contributed by atoms with Crippen molar-refractivity contribution in [3.63, 3.8) is 0 Å². The van der Waals surface area contributed by atoms with Gasteiger partial charge in [0.05, 0.1) is 17.0 Å². The summed E-state index contributed by atoms with van der Waals surface area (Å²) in [4.78, 5) is 13.4. The van der Waals surface area contributed by atoms with Crippen molar-refractivity contribution in [2.24, 2.45) is 4.99 Å². The number of thiazole rings is 1. The molecule has 9 heteroatoms. The normalized spacial score (nSPS) is 11.7. The minimum absolute atomic E-state index is 0.402. The smallest absolute Gasteiger partial charge is 0.216 e. The molecule has 0 aliphatic carbocycles. The highest BCUT2D eigenvalue weighted by Gasteiger charge is 2.08. The molecule has 3 rings (SSSR count). The Morgan fingerprint density at radius 2 is 2.28 bits per heavy atom. The molecule has 3 N–H and O–H groups in total. The molecule has 0 amide bonds. The van der Waals surface area contributed by atoms with Gasteiger partial charge in [-0.15, -0.1) is 16.4 Å². The summed E-state index contributed by atoms with van der Waals surface area (Å²) in [6.45, 7) is 6.00. The molecule has 0 saturated carbocycles. The van der Waals surface area contributed by atoms with E-state index in [4.69, 9.17) is 4.42 Å². The first-order valence-corrected chi connectivity index (χ1v) is 9.01. The largest absolute Gasteiger partial charge is 0.461 e. The molecule has 0 spiro atoms. The molecular formula is C16H21N7OS. The number of aromatic amines is 1. The molecule has 132 valence electrons. The SMILES string of the molecule is CCNC(=NCc1nc(-c2ccco2)n[nH]1)NCCc1csc(C)n1. The minimum atomic E-state index is 0.402. The van der Waals surface area contributed by atoms with Gasteiger partial charge in [0.1, 0.15) is 12.4 Å². The van der Waals surface area contributed by atoms with E-state index in [0.717, 1.165) is 36.2 Å². The molecule has 25 heavy (non-hydrogen) atoms. The minimum Gasteiger partial charge on any atom is -0.461 e. The summed E-state index contributed by atoms with van der Waals surface area (Å²) in [7, 11) is 0. The van der Waals surface area contributed by atoms with Gasteiger partial charge >= 0.3 is 0 Å². The van der Waals surface area contributed by atoms with Gasteiger partial charge in [0.15, 0.2) is 11.7 Å². The Labute approximate surface area is 149 Å². The quantitative estimate of drug-likeness (QED) is 0.441. The first-order chi connectivity index (χ1) is 12.2. The van der Waals surface area contributed by atoms with Crippen molar-refractivity contribution < 1.29 is 4.42 Å². The average Bonchev–Trinajstić information content (AvgIpc) is 3.34. The number of aryl methyl sites for hydroxylation is 1. The number of nitrogens with zero attached hydrogens (tertiary/aromatic N) is 4. The average molecular weight is 359 g/mol. The number of guanidine groups is 1. The van der Waals surface area contributed by atoms with Gasteiger partial charge in [-0.1, -0.05) is 0 Å². The standard InChI is InChI=1S/C16H21N7OS/c1-3-17-16(18-7-6-12-10-25-11(2)20-12)19-9-14-21-15(23-22-14)13-5-4-8-24-13/h4-5,8,10H,3,6-7,9H2,1-2H3,(H2,17,18,19)(H,21,22,23). The summed E-state index contributed by atoms with van der Waals surface area (Å²) in [6.07, 6.45) is 2.46. The van der Waals surface area contributed by atoms with E-state index in [1.54, 1.807) is 23.7 Å². The van der Waals surface area contributed by atoms with Gasteiger partial charge in [-0.3, -0.25) is 5.10 Å². The molecule has 8 nitrogen and oxygen atoms in total. The van der Waals surface area contributed by atoms with Gasteiger partial charge in [-0.2, -0.15) is 0 Å². The summed E-state index contributed by atoms with van der Waals surface area (Å²) in [5.41, 5.74) is 1.10. The Morgan fingerprint density at radius 1 is 1.36 bits per heavy atom. The molecule has 0 radical (unpaired) electrons. The number of aliphatic imine (C=N–C) groups is 1. The van der Waals surface area contributed by atoms with Crippen LogP contribution in [0.1, 0.15) is 23.4 Å². The predicted molar refractivity (Wildman–Crippen MR) is 97.5 cm³/mol. The van der Waals surface area contributed by atoms with Crippen LogP contribution in [0.15, 0.2) is 33.2 Å². The predicted octanol–water partition coefficient (Wildman–Crippen LogP) is 2.13. The van der Waals surface area contributed by atoms with E-state index >= 15 is 0 Å². The third kappa shape index (κ3) is 4.90. The monoisotopic (exact) mass is 359 g/mol. The Kier molecular flexibility index (Phi) is 5.78. The molecule has 0 atom stereocenters. The fraction of sp³-hybridized carbons (Fsp3) is 0.375. The summed E-state index contributed by atoms with van der Waals surface area (Å²) in [6, 6.07) is 3.63. The fourth-order valence-corrected chi connectivity index (χ4v) is 2.86. The number of furan rings is 1. The van der Waals surface area contributed by atoms with Crippen molar-refractivity contribution in [2.45, 2.75) is 26.8 Å². The summed E-state index contributed by atoms with van der Waals surface area (Å²) in [5.74, 6) is 2.59. The zero-order valence-corrected chi connectivity index (χ0v) is 15.1. The van der Waals surface area contributed by atoms with Crippen LogP contribution in [0.4, 0.5) is 0 Å². The number of rotatable bonds is 7. The van der Waals surface area contributed by atoms with Gasteiger partial charge in [0, 0.05) is 24.9 Å². The maximum absolute atomic E-state index is 5.28. The first kappa shape index (κ1) is 17.2. The van der Waals surface area contributed by atoms with Crippen LogP contribution in [-0.2, 0) is 13.0 Å². The molecule has 3 aromatic rings. The molecule has 0 bridgehead atoms. The highest BCUT2D eigenvalue weighted by atomic mass is 32.1. The second-order valence-corrected chi connectivity index (χ2v) is 6.38. The molecule has 0 aliphatic rings. The molecule has 0 fully saturated rings. The lowest BCUT2D eigenvalue weighted by atomic mass is 10.3. The Bertz CT molecular complexity index is 806. The maximum Gasteiger partial charge on any atom is 0.216 e. The van der Waals surface area contributed by atoms with Crippen LogP contribution in [0.3, 0.4) is 0 Å². The van der Waals surface area contributed by atoms with Crippen molar-refractivity contribution in [3.05, 3.63) is 40.3 Å². The van der Waals surface area contributed by atoms with Crippen molar-refractivity contribution >= 4 is 17.3 Å². The summed E-state index contributed by atoms with van der Waals surface area (Å²) < 4.78 is 5.28. The fourth-order valence-electron chi connectivity index (χ4n) is 2.21. The number of aromatic nitrogens is 4. The van der Waals surface area contributed by atoms with Crippen LogP contribution in [0.5, 0.6) is 0 Å². The molecule has 3 heterocycles. The van der Waals surface area contributed by atoms with Crippen molar-refractivity contribution in [1.82, 2.24) is 30.8 Å². The Morgan fingerprint density at radius 3 is 3.00 bits per heavy atom. The van der Waals surface area contributed by atoms with Gasteiger partial charge in [0.25, 0.3) is 0 Å². The second-order valence-electron chi connectivity index (χ2n) is 5.31. The second kappa shape index (κ2) is 8.43. The molecule has 0 aromatic carbocycles. The van der Waals surface area contributed by atoms with Crippen molar-refractivity contribution in [3.8, 4) is 11.6 Å². The van der Waals surface area contributed by atoms with Crippen LogP contribution in [0.2, 0.25) is 0 Å². The van der Waals surface area contributed by atoms with E-state index in [2.05, 4.69) is 41.2 Å². The van der Waals surface area contributed by atoms with Gasteiger partial charge in [-0.05, 0) is 26.0 Å². The lowest BCUT2D eigenvalue weighted by Crippen LogP contribution is -2.38. The van der Waals surface area contributed by atoms with Crippen molar-refractivity contribution in [2.75, 3.05) is 13.1 Å². The molecule has 0 saturated heterocycles. The van der Waals surface area contributed by atoms with Gasteiger partial charge in [-0.25, -0.2) is 15.0 Å². The third-order valence-electron chi connectivity index (χ3n) is 3.34. The summed E-state index contributed by atoms with van der Waals surface area (Å²) >= 11 is 1.67. The van der Waals surface area contributed by atoms with E-state index < -0.39 is 0 Å². The number of hydrogen-bond donors (Lipinski definition) is 3. The Hall–Kier alpha value is -2.68. The van der Waals surface area contributed by atoms with Crippen LogP contribution in [-0.4, -0.2) is 39.2 Å². The number of H-pyrrole nitrogens is 1. The van der Waals surface area contributed by atoms with E-state index in [1.807, 2.05) is 19.9 Å². The molecule has 0 aliphatic heterocycles. The Balaban J connectivity index is 1.54. The van der Waals surface area contributed by atoms with Gasteiger partial charge < -0.3 is 15.1 Å². The van der Waals surface area contributed by atoms with Crippen LogP contribution in [0, 0.1) is 6.92 Å². The third-order valence-corrected chi connectivity index (χ3v) is 4.17. The summed E-state index contributed by atoms with van der Waals surface area (Å²) in [5, 5.41) is 16.7. The van der Waals surface area contributed by atoms with E-state index in [0.29, 0.717) is 24.0 Å².